The number of pyridine rings is 1. The average Bonchev–Trinajstić information content (AvgIpc) is 3.19. The van der Waals surface area contributed by atoms with E-state index in [0.29, 0.717) is 6.54 Å². The minimum atomic E-state index is 0.544. The highest BCUT2D eigenvalue weighted by atomic mass is 15.2. The molecule has 2 rings (SSSR count). The molecule has 3 nitrogen and oxygen atoms in total. The van der Waals surface area contributed by atoms with Crippen molar-refractivity contribution in [3.8, 4) is 0 Å². The molecule has 0 amide bonds. The van der Waals surface area contributed by atoms with Crippen LogP contribution in [0.3, 0.4) is 0 Å². The van der Waals surface area contributed by atoms with Crippen LogP contribution < -0.4 is 5.73 Å². The standard InChI is InChI=1S/C14H23N3/c1-2-3-9-17(13-6-7-13)11-12-5-4-8-16-14(12)10-15/h4-5,8,13H,2-3,6-7,9-11,15H2,1H3. The summed E-state index contributed by atoms with van der Waals surface area (Å²) in [6.45, 7) is 5.02. The number of unbranched alkanes of at least 4 members (excludes halogenated alkanes) is 1. The maximum absolute atomic E-state index is 5.74. The van der Waals surface area contributed by atoms with Gasteiger partial charge in [0.2, 0.25) is 0 Å². The van der Waals surface area contributed by atoms with E-state index in [0.717, 1.165) is 18.3 Å². The van der Waals surface area contributed by atoms with Gasteiger partial charge in [0.05, 0.1) is 5.69 Å². The van der Waals surface area contributed by atoms with Gasteiger partial charge in [0.1, 0.15) is 0 Å². The van der Waals surface area contributed by atoms with Crippen LogP contribution in [0.25, 0.3) is 0 Å². The highest BCUT2D eigenvalue weighted by Gasteiger charge is 2.28. The second kappa shape index (κ2) is 6.12. The van der Waals surface area contributed by atoms with E-state index in [9.17, 15) is 0 Å². The lowest BCUT2D eigenvalue weighted by molar-refractivity contribution is 0.249. The molecule has 1 aliphatic rings. The zero-order chi connectivity index (χ0) is 12.1. The van der Waals surface area contributed by atoms with Gasteiger partial charge in [-0.05, 0) is 37.4 Å². The van der Waals surface area contributed by atoms with Crippen molar-refractivity contribution in [2.24, 2.45) is 5.73 Å². The van der Waals surface area contributed by atoms with Crippen LogP contribution >= 0.6 is 0 Å². The summed E-state index contributed by atoms with van der Waals surface area (Å²) in [6, 6.07) is 4.99. The lowest BCUT2D eigenvalue weighted by atomic mass is 10.1. The predicted octanol–water partition coefficient (Wildman–Crippen LogP) is 2.30. The van der Waals surface area contributed by atoms with Crippen molar-refractivity contribution in [2.75, 3.05) is 6.54 Å². The number of hydrogen-bond donors (Lipinski definition) is 1. The summed E-state index contributed by atoms with van der Waals surface area (Å²) in [5, 5.41) is 0. The number of rotatable bonds is 7. The first kappa shape index (κ1) is 12.5. The van der Waals surface area contributed by atoms with Crippen LogP contribution in [0.4, 0.5) is 0 Å². The molecule has 0 aromatic carbocycles. The van der Waals surface area contributed by atoms with E-state index in [2.05, 4.69) is 22.9 Å². The van der Waals surface area contributed by atoms with Crippen molar-refractivity contribution < 1.29 is 0 Å². The van der Waals surface area contributed by atoms with Gasteiger partial charge in [0.15, 0.2) is 0 Å². The van der Waals surface area contributed by atoms with Crippen LogP contribution in [0.5, 0.6) is 0 Å². The van der Waals surface area contributed by atoms with E-state index in [1.54, 1.807) is 0 Å². The Morgan fingerprint density at radius 2 is 2.29 bits per heavy atom. The predicted molar refractivity (Wildman–Crippen MR) is 70.5 cm³/mol. The molecule has 1 aliphatic carbocycles. The monoisotopic (exact) mass is 233 g/mol. The summed E-state index contributed by atoms with van der Waals surface area (Å²) < 4.78 is 0. The van der Waals surface area contributed by atoms with Gasteiger partial charge in [-0.15, -0.1) is 0 Å². The van der Waals surface area contributed by atoms with Gasteiger partial charge in [0, 0.05) is 25.3 Å². The van der Waals surface area contributed by atoms with Gasteiger partial charge in [0.25, 0.3) is 0 Å². The molecule has 0 unspecified atom stereocenters. The van der Waals surface area contributed by atoms with Crippen molar-refractivity contribution in [1.29, 1.82) is 0 Å². The summed E-state index contributed by atoms with van der Waals surface area (Å²) in [4.78, 5) is 6.96. The maximum atomic E-state index is 5.74. The molecule has 1 aromatic heterocycles. The summed E-state index contributed by atoms with van der Waals surface area (Å²) in [6.07, 6.45) is 7.11. The van der Waals surface area contributed by atoms with Gasteiger partial charge in [-0.1, -0.05) is 19.4 Å². The summed E-state index contributed by atoms with van der Waals surface area (Å²) in [5.41, 5.74) is 8.09. The maximum Gasteiger partial charge on any atom is 0.0584 e. The number of hydrogen-bond acceptors (Lipinski definition) is 3. The third-order valence-electron chi connectivity index (χ3n) is 3.41. The molecule has 0 spiro atoms. The summed E-state index contributed by atoms with van der Waals surface area (Å²) in [7, 11) is 0. The molecule has 0 aliphatic heterocycles. The van der Waals surface area contributed by atoms with Crippen LogP contribution in [0.15, 0.2) is 18.3 Å². The first-order valence-corrected chi connectivity index (χ1v) is 6.72. The lowest BCUT2D eigenvalue weighted by Crippen LogP contribution is -2.27. The zero-order valence-corrected chi connectivity index (χ0v) is 10.7. The molecular weight excluding hydrogens is 210 g/mol. The Balaban J connectivity index is 2.00. The van der Waals surface area contributed by atoms with Crippen LogP contribution in [0, 0.1) is 0 Å². The molecular formula is C14H23N3. The molecule has 1 heterocycles. The molecule has 3 heteroatoms. The number of nitrogens with zero attached hydrogens (tertiary/aromatic N) is 2. The third kappa shape index (κ3) is 3.51. The summed E-state index contributed by atoms with van der Waals surface area (Å²) in [5.74, 6) is 0. The molecule has 0 radical (unpaired) electrons. The molecule has 94 valence electrons. The average molecular weight is 233 g/mol. The van der Waals surface area contributed by atoms with E-state index in [1.807, 2.05) is 12.3 Å². The SMILES string of the molecule is CCCCN(Cc1cccnc1CN)C1CC1. The largest absolute Gasteiger partial charge is 0.325 e. The Bertz CT molecular complexity index is 347. The minimum Gasteiger partial charge on any atom is -0.325 e. The molecule has 0 saturated heterocycles. The number of aromatic nitrogens is 1. The minimum absolute atomic E-state index is 0.544. The van der Waals surface area contributed by atoms with Gasteiger partial charge < -0.3 is 5.73 Å². The van der Waals surface area contributed by atoms with Crippen LogP contribution in [-0.2, 0) is 13.1 Å². The van der Waals surface area contributed by atoms with Crippen molar-refractivity contribution in [3.05, 3.63) is 29.6 Å². The molecule has 1 fully saturated rings. The molecule has 0 atom stereocenters. The zero-order valence-electron chi connectivity index (χ0n) is 10.7. The fraction of sp³-hybridized carbons (Fsp3) is 0.643. The van der Waals surface area contributed by atoms with E-state index >= 15 is 0 Å². The van der Waals surface area contributed by atoms with Crippen LogP contribution in [-0.4, -0.2) is 22.5 Å². The second-order valence-electron chi connectivity index (χ2n) is 4.87. The third-order valence-corrected chi connectivity index (χ3v) is 3.41. The van der Waals surface area contributed by atoms with Crippen LogP contribution in [0.1, 0.15) is 43.9 Å². The molecule has 17 heavy (non-hydrogen) atoms. The number of nitrogens with two attached hydrogens (primary N) is 1. The summed E-state index contributed by atoms with van der Waals surface area (Å²) >= 11 is 0. The van der Waals surface area contributed by atoms with E-state index in [4.69, 9.17) is 5.73 Å². The van der Waals surface area contributed by atoms with E-state index < -0.39 is 0 Å². The Morgan fingerprint density at radius 3 is 2.94 bits per heavy atom. The van der Waals surface area contributed by atoms with Crippen molar-refractivity contribution >= 4 is 0 Å². The normalized spacial score (nSPS) is 15.5. The Hall–Kier alpha value is -0.930. The van der Waals surface area contributed by atoms with Crippen molar-refractivity contribution in [2.45, 2.75) is 51.7 Å². The lowest BCUT2D eigenvalue weighted by Gasteiger charge is -2.22. The van der Waals surface area contributed by atoms with Gasteiger partial charge in [-0.2, -0.15) is 0 Å². The first-order valence-electron chi connectivity index (χ1n) is 6.72. The Kier molecular flexibility index (Phi) is 4.51. The molecule has 0 bridgehead atoms. The first-order chi connectivity index (χ1) is 8.35. The second-order valence-corrected chi connectivity index (χ2v) is 4.87. The molecule has 1 saturated carbocycles. The Morgan fingerprint density at radius 1 is 1.47 bits per heavy atom. The van der Waals surface area contributed by atoms with Crippen molar-refractivity contribution in [1.82, 2.24) is 9.88 Å². The fourth-order valence-electron chi connectivity index (χ4n) is 2.21. The van der Waals surface area contributed by atoms with E-state index in [-0.39, 0.29) is 0 Å². The molecule has 2 N–H and O–H groups in total. The topological polar surface area (TPSA) is 42.2 Å². The van der Waals surface area contributed by atoms with Gasteiger partial charge >= 0.3 is 0 Å². The highest BCUT2D eigenvalue weighted by molar-refractivity contribution is 5.19. The highest BCUT2D eigenvalue weighted by Crippen LogP contribution is 2.28. The quantitative estimate of drug-likeness (QED) is 0.786. The molecule has 1 aromatic rings. The van der Waals surface area contributed by atoms with E-state index in [1.165, 1.54) is 37.8 Å². The van der Waals surface area contributed by atoms with Gasteiger partial charge in [-0.3, -0.25) is 9.88 Å². The van der Waals surface area contributed by atoms with Gasteiger partial charge in [-0.25, -0.2) is 0 Å². The van der Waals surface area contributed by atoms with Crippen molar-refractivity contribution in [3.63, 3.8) is 0 Å². The van der Waals surface area contributed by atoms with Crippen LogP contribution in [0.2, 0.25) is 0 Å². The fourth-order valence-corrected chi connectivity index (χ4v) is 2.21. The Labute approximate surface area is 104 Å². The smallest absolute Gasteiger partial charge is 0.0584 e.